The Morgan fingerprint density at radius 1 is 1.50 bits per heavy atom. The topological polar surface area (TPSA) is 62.2 Å². The summed E-state index contributed by atoms with van der Waals surface area (Å²) in [4.78, 5) is 15.5. The fourth-order valence-corrected chi connectivity index (χ4v) is 1.67. The molecule has 1 aromatic carbocycles. The van der Waals surface area contributed by atoms with E-state index >= 15 is 0 Å². The lowest BCUT2D eigenvalue weighted by atomic mass is 10.1. The monoisotopic (exact) mass is 236 g/mol. The van der Waals surface area contributed by atoms with Gasteiger partial charge in [-0.3, -0.25) is 9.78 Å². The van der Waals surface area contributed by atoms with Crippen LogP contribution < -0.4 is 5.32 Å². The number of aromatic nitrogens is 1. The highest BCUT2D eigenvalue weighted by Gasteiger charge is 2.12. The van der Waals surface area contributed by atoms with E-state index in [9.17, 15) is 9.90 Å². The Balaban J connectivity index is 2.72. The average molecular weight is 237 g/mol. The van der Waals surface area contributed by atoms with Crippen LogP contribution in [0.1, 0.15) is 10.4 Å². The number of hydrogen-bond acceptors (Lipinski definition) is 3. The van der Waals surface area contributed by atoms with Gasteiger partial charge in [0, 0.05) is 18.6 Å². The van der Waals surface area contributed by atoms with Crippen LogP contribution in [-0.2, 0) is 0 Å². The number of aromatic hydroxyl groups is 1. The first kappa shape index (κ1) is 10.7. The van der Waals surface area contributed by atoms with Crippen LogP contribution >= 0.6 is 11.6 Å². The van der Waals surface area contributed by atoms with Crippen LogP contribution in [0.25, 0.3) is 10.9 Å². The lowest BCUT2D eigenvalue weighted by Crippen LogP contribution is -2.17. The number of benzene rings is 1. The molecule has 0 saturated carbocycles. The summed E-state index contributed by atoms with van der Waals surface area (Å²) >= 11 is 5.94. The predicted octanol–water partition coefficient (Wildman–Crippen LogP) is 1.95. The Kier molecular flexibility index (Phi) is 2.66. The minimum Gasteiger partial charge on any atom is -0.507 e. The highest BCUT2D eigenvalue weighted by Crippen LogP contribution is 2.28. The molecule has 0 bridgehead atoms. The molecule has 0 radical (unpaired) electrons. The maximum atomic E-state index is 11.4. The van der Waals surface area contributed by atoms with Gasteiger partial charge in [-0.1, -0.05) is 11.6 Å². The second-order valence-corrected chi connectivity index (χ2v) is 3.67. The molecule has 1 heterocycles. The van der Waals surface area contributed by atoms with E-state index in [1.165, 1.54) is 19.2 Å². The molecule has 1 amide bonds. The van der Waals surface area contributed by atoms with Crippen molar-refractivity contribution in [2.45, 2.75) is 0 Å². The van der Waals surface area contributed by atoms with Crippen molar-refractivity contribution < 1.29 is 9.90 Å². The third kappa shape index (κ3) is 1.67. The molecule has 2 rings (SSSR count). The Labute approximate surface area is 96.9 Å². The van der Waals surface area contributed by atoms with Crippen molar-refractivity contribution in [3.8, 4) is 5.75 Å². The number of nitrogens with zero attached hydrogens (tertiary/aromatic N) is 1. The van der Waals surface area contributed by atoms with Gasteiger partial charge in [-0.2, -0.15) is 0 Å². The van der Waals surface area contributed by atoms with E-state index in [1.54, 1.807) is 12.3 Å². The first-order chi connectivity index (χ1) is 7.63. The summed E-state index contributed by atoms with van der Waals surface area (Å²) in [7, 11) is 1.50. The van der Waals surface area contributed by atoms with E-state index in [-0.39, 0.29) is 17.2 Å². The van der Waals surface area contributed by atoms with Gasteiger partial charge >= 0.3 is 0 Å². The summed E-state index contributed by atoms with van der Waals surface area (Å²) in [6.07, 6.45) is 1.55. The van der Waals surface area contributed by atoms with Gasteiger partial charge in [0.2, 0.25) is 0 Å². The lowest BCUT2D eigenvalue weighted by molar-refractivity contribution is 0.0960. The number of phenolic OH excluding ortho intramolecular Hbond substituents is 1. The third-order valence-electron chi connectivity index (χ3n) is 2.28. The standard InChI is InChI=1S/C11H9ClN2O2/c1-13-11(16)7-4-9-6(5-10(7)15)8(12)2-3-14-9/h2-5,15H,1H3,(H,13,16). The average Bonchev–Trinajstić information content (AvgIpc) is 2.29. The van der Waals surface area contributed by atoms with Crippen LogP contribution in [0.15, 0.2) is 24.4 Å². The molecular weight excluding hydrogens is 228 g/mol. The summed E-state index contributed by atoms with van der Waals surface area (Å²) in [6.45, 7) is 0. The third-order valence-corrected chi connectivity index (χ3v) is 2.61. The number of phenols is 1. The van der Waals surface area contributed by atoms with Crippen molar-refractivity contribution in [2.75, 3.05) is 7.05 Å². The fourth-order valence-electron chi connectivity index (χ4n) is 1.46. The first-order valence-corrected chi connectivity index (χ1v) is 5.00. The van der Waals surface area contributed by atoms with Crippen LogP contribution in [-0.4, -0.2) is 23.0 Å². The lowest BCUT2D eigenvalue weighted by Gasteiger charge is -2.06. The zero-order valence-corrected chi connectivity index (χ0v) is 9.25. The summed E-state index contributed by atoms with van der Waals surface area (Å²) in [5.41, 5.74) is 0.758. The van der Waals surface area contributed by atoms with Crippen LogP contribution in [0, 0.1) is 0 Å². The fraction of sp³-hybridized carbons (Fsp3) is 0.0909. The van der Waals surface area contributed by atoms with E-state index < -0.39 is 0 Å². The number of carbonyl (C=O) groups is 1. The highest BCUT2D eigenvalue weighted by molar-refractivity contribution is 6.35. The Hall–Kier alpha value is -1.81. The van der Waals surface area contributed by atoms with E-state index in [2.05, 4.69) is 10.3 Å². The Morgan fingerprint density at radius 3 is 2.94 bits per heavy atom. The molecule has 0 aliphatic carbocycles. The van der Waals surface area contributed by atoms with Gasteiger partial charge in [0.05, 0.1) is 16.1 Å². The van der Waals surface area contributed by atoms with E-state index in [4.69, 9.17) is 11.6 Å². The molecule has 2 N–H and O–H groups in total. The molecule has 2 aromatic rings. The second-order valence-electron chi connectivity index (χ2n) is 3.26. The molecule has 0 atom stereocenters. The SMILES string of the molecule is CNC(=O)c1cc2nccc(Cl)c2cc1O. The van der Waals surface area contributed by atoms with Crippen molar-refractivity contribution in [1.82, 2.24) is 10.3 Å². The van der Waals surface area contributed by atoms with Crippen molar-refractivity contribution in [2.24, 2.45) is 0 Å². The van der Waals surface area contributed by atoms with E-state index in [0.29, 0.717) is 15.9 Å². The first-order valence-electron chi connectivity index (χ1n) is 4.63. The molecule has 0 saturated heterocycles. The molecule has 0 fully saturated rings. The van der Waals surface area contributed by atoms with Crippen molar-refractivity contribution in [3.63, 3.8) is 0 Å². The number of fused-ring (bicyclic) bond motifs is 1. The maximum Gasteiger partial charge on any atom is 0.254 e. The summed E-state index contributed by atoms with van der Waals surface area (Å²) < 4.78 is 0. The van der Waals surface area contributed by atoms with E-state index in [0.717, 1.165) is 0 Å². The van der Waals surface area contributed by atoms with Crippen LogP contribution in [0.4, 0.5) is 0 Å². The largest absolute Gasteiger partial charge is 0.507 e. The van der Waals surface area contributed by atoms with Gasteiger partial charge in [-0.15, -0.1) is 0 Å². The quantitative estimate of drug-likeness (QED) is 0.796. The maximum absolute atomic E-state index is 11.4. The van der Waals surface area contributed by atoms with Crippen LogP contribution in [0.5, 0.6) is 5.75 Å². The van der Waals surface area contributed by atoms with Crippen LogP contribution in [0.2, 0.25) is 5.02 Å². The second kappa shape index (κ2) is 3.98. The van der Waals surface area contributed by atoms with Gasteiger partial charge in [0.15, 0.2) is 0 Å². The molecule has 0 spiro atoms. The summed E-state index contributed by atoms with van der Waals surface area (Å²) in [6, 6.07) is 4.58. The molecule has 4 nitrogen and oxygen atoms in total. The van der Waals surface area contributed by atoms with Gasteiger partial charge in [-0.25, -0.2) is 0 Å². The number of hydrogen-bond donors (Lipinski definition) is 2. The van der Waals surface area contributed by atoms with Crippen molar-refractivity contribution in [3.05, 3.63) is 35.0 Å². The summed E-state index contributed by atoms with van der Waals surface area (Å²) in [5, 5.41) is 13.2. The van der Waals surface area contributed by atoms with Gasteiger partial charge < -0.3 is 10.4 Å². The minimum absolute atomic E-state index is 0.109. The molecule has 82 valence electrons. The molecule has 16 heavy (non-hydrogen) atoms. The number of pyridine rings is 1. The number of amides is 1. The number of rotatable bonds is 1. The highest BCUT2D eigenvalue weighted by atomic mass is 35.5. The Morgan fingerprint density at radius 2 is 2.25 bits per heavy atom. The van der Waals surface area contributed by atoms with Gasteiger partial charge in [0.25, 0.3) is 5.91 Å². The molecule has 0 unspecified atom stereocenters. The number of carbonyl (C=O) groups excluding carboxylic acids is 1. The zero-order chi connectivity index (χ0) is 11.7. The minimum atomic E-state index is -0.360. The van der Waals surface area contributed by atoms with E-state index in [1.807, 2.05) is 0 Å². The summed E-state index contributed by atoms with van der Waals surface area (Å²) in [5.74, 6) is -0.470. The number of nitrogens with one attached hydrogen (secondary N) is 1. The van der Waals surface area contributed by atoms with Gasteiger partial charge in [0.1, 0.15) is 5.75 Å². The molecule has 5 heteroatoms. The molecule has 1 aromatic heterocycles. The molecule has 0 aliphatic heterocycles. The number of halogens is 1. The smallest absolute Gasteiger partial charge is 0.254 e. The van der Waals surface area contributed by atoms with Crippen molar-refractivity contribution in [1.29, 1.82) is 0 Å². The van der Waals surface area contributed by atoms with Crippen LogP contribution in [0.3, 0.4) is 0 Å². The molecule has 0 aliphatic rings. The normalized spacial score (nSPS) is 10.4. The molecular formula is C11H9ClN2O2. The predicted molar refractivity (Wildman–Crippen MR) is 61.8 cm³/mol. The van der Waals surface area contributed by atoms with Crippen molar-refractivity contribution >= 4 is 28.4 Å². The van der Waals surface area contributed by atoms with Gasteiger partial charge in [-0.05, 0) is 18.2 Å². The zero-order valence-electron chi connectivity index (χ0n) is 8.49. The Bertz CT molecular complexity index is 569.